The van der Waals surface area contributed by atoms with Crippen LogP contribution in [0.2, 0.25) is 0 Å². The van der Waals surface area contributed by atoms with Gasteiger partial charge in [-0.05, 0) is 27.7 Å². The van der Waals surface area contributed by atoms with Gasteiger partial charge in [-0.2, -0.15) is 5.10 Å². The lowest BCUT2D eigenvalue weighted by atomic mass is 10.0. The molecule has 0 spiro atoms. The van der Waals surface area contributed by atoms with Crippen molar-refractivity contribution in [2.24, 2.45) is 0 Å². The standard InChI is InChI=1S/C11H19N3O2/c1-5-14-10(12-8-13-14)7-9(15)11(3,4)16-6-2/h8H,5-7H2,1-4H3. The summed E-state index contributed by atoms with van der Waals surface area (Å²) in [6, 6.07) is 0. The molecule has 1 aromatic rings. The van der Waals surface area contributed by atoms with Crippen molar-refractivity contribution in [3.63, 3.8) is 0 Å². The number of Topliss-reactive ketones (excluding diaryl/α,β-unsaturated/α-hetero) is 1. The molecule has 0 amide bonds. The van der Waals surface area contributed by atoms with E-state index in [4.69, 9.17) is 4.74 Å². The maximum Gasteiger partial charge on any atom is 0.171 e. The average Bonchev–Trinajstić information content (AvgIpc) is 2.65. The molecule has 0 radical (unpaired) electrons. The molecule has 0 aliphatic carbocycles. The summed E-state index contributed by atoms with van der Waals surface area (Å²) in [6.07, 6.45) is 1.74. The van der Waals surface area contributed by atoms with Crippen molar-refractivity contribution < 1.29 is 9.53 Å². The first-order chi connectivity index (χ1) is 7.51. The van der Waals surface area contributed by atoms with Crippen molar-refractivity contribution in [3.8, 4) is 0 Å². The van der Waals surface area contributed by atoms with Crippen LogP contribution in [0.1, 0.15) is 33.5 Å². The number of carbonyl (C=O) groups excluding carboxylic acids is 1. The van der Waals surface area contributed by atoms with Crippen molar-refractivity contribution in [2.75, 3.05) is 6.61 Å². The minimum absolute atomic E-state index is 0.0250. The van der Waals surface area contributed by atoms with Crippen molar-refractivity contribution in [1.82, 2.24) is 14.8 Å². The molecule has 0 aromatic carbocycles. The molecule has 16 heavy (non-hydrogen) atoms. The van der Waals surface area contributed by atoms with Gasteiger partial charge in [-0.15, -0.1) is 0 Å². The number of carbonyl (C=O) groups is 1. The van der Waals surface area contributed by atoms with Crippen molar-refractivity contribution in [1.29, 1.82) is 0 Å². The van der Waals surface area contributed by atoms with E-state index in [1.807, 2.05) is 13.8 Å². The number of hydrogen-bond donors (Lipinski definition) is 0. The number of hydrogen-bond acceptors (Lipinski definition) is 4. The smallest absolute Gasteiger partial charge is 0.171 e. The fourth-order valence-corrected chi connectivity index (χ4v) is 1.49. The summed E-state index contributed by atoms with van der Waals surface area (Å²) in [5, 5.41) is 4.03. The fraction of sp³-hybridized carbons (Fsp3) is 0.727. The zero-order chi connectivity index (χ0) is 12.2. The van der Waals surface area contributed by atoms with E-state index in [2.05, 4.69) is 10.1 Å². The van der Waals surface area contributed by atoms with Gasteiger partial charge in [0.1, 0.15) is 17.8 Å². The maximum atomic E-state index is 12.0. The number of rotatable bonds is 6. The van der Waals surface area contributed by atoms with E-state index in [1.165, 1.54) is 6.33 Å². The van der Waals surface area contributed by atoms with Gasteiger partial charge in [0.15, 0.2) is 5.78 Å². The first-order valence-electron chi connectivity index (χ1n) is 5.55. The Kier molecular flexibility index (Phi) is 4.18. The Morgan fingerprint density at radius 2 is 2.19 bits per heavy atom. The van der Waals surface area contributed by atoms with E-state index in [0.717, 1.165) is 6.54 Å². The summed E-state index contributed by atoms with van der Waals surface area (Å²) >= 11 is 0. The summed E-state index contributed by atoms with van der Waals surface area (Å²) in [4.78, 5) is 16.1. The first kappa shape index (κ1) is 12.8. The van der Waals surface area contributed by atoms with Crippen molar-refractivity contribution in [2.45, 2.75) is 46.3 Å². The second kappa shape index (κ2) is 5.21. The normalized spacial score (nSPS) is 11.8. The molecule has 0 aliphatic heterocycles. The molecule has 1 rings (SSSR count). The molecule has 5 heteroatoms. The minimum Gasteiger partial charge on any atom is -0.368 e. The Labute approximate surface area is 95.8 Å². The number of ketones is 1. The van der Waals surface area contributed by atoms with Crippen LogP contribution in [0.15, 0.2) is 6.33 Å². The number of aromatic nitrogens is 3. The van der Waals surface area contributed by atoms with E-state index < -0.39 is 5.60 Å². The van der Waals surface area contributed by atoms with Gasteiger partial charge in [-0.3, -0.25) is 4.79 Å². The van der Waals surface area contributed by atoms with Gasteiger partial charge < -0.3 is 4.74 Å². The maximum absolute atomic E-state index is 12.0. The molecule has 0 N–H and O–H groups in total. The lowest BCUT2D eigenvalue weighted by Crippen LogP contribution is -2.36. The van der Waals surface area contributed by atoms with Crippen LogP contribution in [-0.2, 0) is 22.5 Å². The molecule has 1 aromatic heterocycles. The monoisotopic (exact) mass is 225 g/mol. The highest BCUT2D eigenvalue weighted by Crippen LogP contribution is 2.13. The summed E-state index contributed by atoms with van der Waals surface area (Å²) in [6.45, 7) is 8.66. The molecule has 0 saturated heterocycles. The van der Waals surface area contributed by atoms with E-state index >= 15 is 0 Å². The van der Waals surface area contributed by atoms with E-state index in [1.54, 1.807) is 18.5 Å². The second-order valence-electron chi connectivity index (χ2n) is 4.04. The predicted molar refractivity (Wildman–Crippen MR) is 60.1 cm³/mol. The molecule has 0 saturated carbocycles. The Morgan fingerprint density at radius 1 is 1.50 bits per heavy atom. The molecular weight excluding hydrogens is 206 g/mol. The van der Waals surface area contributed by atoms with E-state index in [0.29, 0.717) is 12.4 Å². The minimum atomic E-state index is -0.751. The largest absolute Gasteiger partial charge is 0.368 e. The number of ether oxygens (including phenoxy) is 1. The Hall–Kier alpha value is -1.23. The van der Waals surface area contributed by atoms with Gasteiger partial charge in [0.2, 0.25) is 0 Å². The highest BCUT2D eigenvalue weighted by Gasteiger charge is 2.28. The third-order valence-corrected chi connectivity index (χ3v) is 2.49. The Bertz CT molecular complexity index is 358. The number of aryl methyl sites for hydroxylation is 1. The first-order valence-corrected chi connectivity index (χ1v) is 5.55. The average molecular weight is 225 g/mol. The number of nitrogens with zero attached hydrogens (tertiary/aromatic N) is 3. The van der Waals surface area contributed by atoms with Crippen LogP contribution in [0, 0.1) is 0 Å². The molecule has 0 atom stereocenters. The summed E-state index contributed by atoms with van der Waals surface area (Å²) in [5.74, 6) is 0.720. The molecule has 0 fully saturated rings. The van der Waals surface area contributed by atoms with Crippen molar-refractivity contribution >= 4 is 5.78 Å². The quantitative estimate of drug-likeness (QED) is 0.730. The van der Waals surface area contributed by atoms with Crippen LogP contribution in [0.5, 0.6) is 0 Å². The fourth-order valence-electron chi connectivity index (χ4n) is 1.49. The van der Waals surface area contributed by atoms with Crippen LogP contribution >= 0.6 is 0 Å². The summed E-state index contributed by atoms with van der Waals surface area (Å²) < 4.78 is 7.13. The summed E-state index contributed by atoms with van der Waals surface area (Å²) in [5.41, 5.74) is -0.751. The molecule has 90 valence electrons. The van der Waals surface area contributed by atoms with E-state index in [9.17, 15) is 4.79 Å². The van der Waals surface area contributed by atoms with E-state index in [-0.39, 0.29) is 12.2 Å². The Morgan fingerprint density at radius 3 is 2.75 bits per heavy atom. The highest BCUT2D eigenvalue weighted by molar-refractivity contribution is 5.87. The van der Waals surface area contributed by atoms with Crippen molar-refractivity contribution in [3.05, 3.63) is 12.2 Å². The molecule has 0 bridgehead atoms. The van der Waals surface area contributed by atoms with Crippen LogP contribution in [0.25, 0.3) is 0 Å². The van der Waals surface area contributed by atoms with Gasteiger partial charge >= 0.3 is 0 Å². The Balaban J connectivity index is 2.71. The highest BCUT2D eigenvalue weighted by atomic mass is 16.5. The lowest BCUT2D eigenvalue weighted by molar-refractivity contribution is -0.139. The topological polar surface area (TPSA) is 57.0 Å². The molecule has 0 aliphatic rings. The zero-order valence-corrected chi connectivity index (χ0v) is 10.4. The second-order valence-corrected chi connectivity index (χ2v) is 4.04. The summed E-state index contributed by atoms with van der Waals surface area (Å²) in [7, 11) is 0. The lowest BCUT2D eigenvalue weighted by Gasteiger charge is -2.22. The van der Waals surface area contributed by atoms with Gasteiger partial charge in [0.05, 0.1) is 6.42 Å². The van der Waals surface area contributed by atoms with Crippen LogP contribution in [0.3, 0.4) is 0 Å². The van der Waals surface area contributed by atoms with Crippen LogP contribution < -0.4 is 0 Å². The molecule has 0 unspecified atom stereocenters. The predicted octanol–water partition coefficient (Wildman–Crippen LogP) is 1.22. The van der Waals surface area contributed by atoms with Crippen LogP contribution in [0.4, 0.5) is 0 Å². The SMILES string of the molecule is CCOC(C)(C)C(=O)Cc1ncnn1CC. The van der Waals surface area contributed by atoms with Gasteiger partial charge in [-0.1, -0.05) is 0 Å². The van der Waals surface area contributed by atoms with Gasteiger partial charge in [-0.25, -0.2) is 9.67 Å². The third kappa shape index (κ3) is 2.88. The van der Waals surface area contributed by atoms with Crippen LogP contribution in [-0.4, -0.2) is 32.8 Å². The van der Waals surface area contributed by atoms with Gasteiger partial charge in [0, 0.05) is 13.2 Å². The van der Waals surface area contributed by atoms with Gasteiger partial charge in [0.25, 0.3) is 0 Å². The molecule has 1 heterocycles. The zero-order valence-electron chi connectivity index (χ0n) is 10.4. The molecule has 5 nitrogen and oxygen atoms in total. The molecular formula is C11H19N3O2. The third-order valence-electron chi connectivity index (χ3n) is 2.49.